The second-order valence-corrected chi connectivity index (χ2v) is 3.91. The number of nitrogens with zero attached hydrogens (tertiary/aromatic N) is 1. The first-order chi connectivity index (χ1) is 7.63. The second-order valence-electron chi connectivity index (χ2n) is 3.91. The van der Waals surface area contributed by atoms with Crippen molar-refractivity contribution in [1.82, 2.24) is 5.32 Å². The van der Waals surface area contributed by atoms with Gasteiger partial charge in [-0.3, -0.25) is 4.99 Å². The summed E-state index contributed by atoms with van der Waals surface area (Å²) in [6, 6.07) is -0.0471. The van der Waals surface area contributed by atoms with Gasteiger partial charge in [0.25, 0.3) is 0 Å². The zero-order chi connectivity index (χ0) is 12.4. The van der Waals surface area contributed by atoms with Crippen LogP contribution in [-0.4, -0.2) is 31.4 Å². The third-order valence-corrected chi connectivity index (χ3v) is 2.63. The van der Waals surface area contributed by atoms with Crippen molar-refractivity contribution < 1.29 is 4.79 Å². The monoisotopic (exact) mass is 228 g/mol. The molecule has 0 amide bonds. The zero-order valence-electron chi connectivity index (χ0n) is 10.3. The highest BCUT2D eigenvalue weighted by molar-refractivity contribution is 5.75. The first-order valence-corrected chi connectivity index (χ1v) is 5.88. The molecule has 0 bridgehead atoms. The van der Waals surface area contributed by atoms with Crippen molar-refractivity contribution in [2.75, 3.05) is 13.1 Å². The highest BCUT2D eigenvalue weighted by atomic mass is 16.1. The number of rotatable bonds is 9. The molecular weight excluding hydrogens is 204 g/mol. The van der Waals surface area contributed by atoms with Crippen LogP contribution in [0, 0.1) is 5.92 Å². The van der Waals surface area contributed by atoms with E-state index in [1.54, 1.807) is 0 Å². The molecule has 1 unspecified atom stereocenters. The maximum absolute atomic E-state index is 10.8. The highest BCUT2D eigenvalue weighted by Gasteiger charge is 2.13. The molecule has 16 heavy (non-hydrogen) atoms. The van der Waals surface area contributed by atoms with Crippen LogP contribution in [0.4, 0.5) is 0 Å². The van der Waals surface area contributed by atoms with E-state index in [-0.39, 0.29) is 12.0 Å². The number of likely N-dealkylation sites (N-methyl/N-ethyl adjacent to an activating group) is 1. The summed E-state index contributed by atoms with van der Waals surface area (Å²) in [5, 5.41) is 3.14. The van der Waals surface area contributed by atoms with Crippen LogP contribution in [0.25, 0.3) is 0 Å². The number of nitrogens with two attached hydrogens (primary N) is 2. The lowest BCUT2D eigenvalue weighted by atomic mass is 9.94. The van der Waals surface area contributed by atoms with Gasteiger partial charge in [-0.15, -0.1) is 0 Å². The van der Waals surface area contributed by atoms with Gasteiger partial charge in [-0.05, 0) is 25.3 Å². The third-order valence-electron chi connectivity index (χ3n) is 2.63. The van der Waals surface area contributed by atoms with Crippen LogP contribution in [0.5, 0.6) is 0 Å². The van der Waals surface area contributed by atoms with Gasteiger partial charge in [-0.1, -0.05) is 20.3 Å². The highest BCUT2D eigenvalue weighted by Crippen LogP contribution is 2.14. The second kappa shape index (κ2) is 9.15. The Morgan fingerprint density at radius 2 is 2.12 bits per heavy atom. The average molecular weight is 228 g/mol. The Kier molecular flexibility index (Phi) is 8.52. The number of aliphatic imine (C=N–C) groups is 1. The fraction of sp³-hybridized carbons (Fsp3) is 0.818. The minimum Gasteiger partial charge on any atom is -0.370 e. The molecule has 2 atom stereocenters. The maximum Gasteiger partial charge on any atom is 0.185 e. The first-order valence-electron chi connectivity index (χ1n) is 5.88. The van der Waals surface area contributed by atoms with Crippen LogP contribution in [-0.2, 0) is 4.79 Å². The molecule has 5 N–H and O–H groups in total. The summed E-state index contributed by atoms with van der Waals surface area (Å²) in [5.74, 6) is 0.617. The Bertz CT molecular complexity index is 214. The predicted molar refractivity (Wildman–Crippen MR) is 67.2 cm³/mol. The lowest BCUT2D eigenvalue weighted by Gasteiger charge is -2.18. The molecule has 0 heterocycles. The van der Waals surface area contributed by atoms with Gasteiger partial charge in [0.1, 0.15) is 6.29 Å². The van der Waals surface area contributed by atoms with Crippen LogP contribution in [0.3, 0.4) is 0 Å². The van der Waals surface area contributed by atoms with E-state index in [0.717, 1.165) is 32.1 Å². The van der Waals surface area contributed by atoms with Gasteiger partial charge in [0, 0.05) is 6.54 Å². The molecule has 0 saturated carbocycles. The molecule has 0 rings (SSSR count). The number of aldehydes is 1. The largest absolute Gasteiger partial charge is 0.370 e. The minimum absolute atomic E-state index is 0.0471. The van der Waals surface area contributed by atoms with Crippen LogP contribution < -0.4 is 16.8 Å². The van der Waals surface area contributed by atoms with Crippen molar-refractivity contribution in [3.8, 4) is 0 Å². The molecule has 94 valence electrons. The smallest absolute Gasteiger partial charge is 0.185 e. The zero-order valence-corrected chi connectivity index (χ0v) is 10.3. The van der Waals surface area contributed by atoms with Crippen molar-refractivity contribution in [1.29, 1.82) is 0 Å². The van der Waals surface area contributed by atoms with Crippen LogP contribution in [0.1, 0.15) is 33.1 Å². The fourth-order valence-corrected chi connectivity index (χ4v) is 1.67. The maximum atomic E-state index is 10.8. The number of guanidine groups is 1. The lowest BCUT2D eigenvalue weighted by molar-refractivity contribution is -0.109. The topological polar surface area (TPSA) is 93.5 Å². The van der Waals surface area contributed by atoms with E-state index in [1.807, 2.05) is 6.92 Å². The first kappa shape index (κ1) is 14.9. The summed E-state index contributed by atoms with van der Waals surface area (Å²) in [6.07, 6.45) is 3.79. The van der Waals surface area contributed by atoms with Crippen molar-refractivity contribution >= 4 is 12.2 Å². The van der Waals surface area contributed by atoms with Gasteiger partial charge in [-0.25, -0.2) is 0 Å². The summed E-state index contributed by atoms with van der Waals surface area (Å²) in [6.45, 7) is 5.57. The summed E-state index contributed by atoms with van der Waals surface area (Å²) in [4.78, 5) is 14.8. The van der Waals surface area contributed by atoms with E-state index in [1.165, 1.54) is 0 Å². The SMILES string of the molecule is CCN[C@H](C=O)CC(CC)CCN=C(N)N. The van der Waals surface area contributed by atoms with Gasteiger partial charge in [0.15, 0.2) is 5.96 Å². The number of nitrogens with one attached hydrogen (secondary N) is 1. The van der Waals surface area contributed by atoms with Crippen molar-refractivity contribution in [2.45, 2.75) is 39.2 Å². The van der Waals surface area contributed by atoms with Crippen LogP contribution >= 0.6 is 0 Å². The van der Waals surface area contributed by atoms with Crippen molar-refractivity contribution in [3.63, 3.8) is 0 Å². The fourth-order valence-electron chi connectivity index (χ4n) is 1.67. The van der Waals surface area contributed by atoms with Crippen molar-refractivity contribution in [2.24, 2.45) is 22.4 Å². The average Bonchev–Trinajstić information content (AvgIpc) is 2.26. The molecule has 0 aromatic carbocycles. The van der Waals surface area contributed by atoms with Gasteiger partial charge in [0.2, 0.25) is 0 Å². The Labute approximate surface area is 97.7 Å². The van der Waals surface area contributed by atoms with E-state index < -0.39 is 0 Å². The Hall–Kier alpha value is -1.10. The Morgan fingerprint density at radius 1 is 1.44 bits per heavy atom. The molecule has 0 spiro atoms. The van der Waals surface area contributed by atoms with Crippen molar-refractivity contribution in [3.05, 3.63) is 0 Å². The molecule has 0 aliphatic rings. The Morgan fingerprint density at radius 3 is 2.56 bits per heavy atom. The lowest BCUT2D eigenvalue weighted by Crippen LogP contribution is -2.32. The Balaban J connectivity index is 3.97. The van der Waals surface area contributed by atoms with Crippen LogP contribution in [0.2, 0.25) is 0 Å². The van der Waals surface area contributed by atoms with Gasteiger partial charge < -0.3 is 21.6 Å². The number of hydrogen-bond acceptors (Lipinski definition) is 3. The molecule has 0 saturated heterocycles. The molecule has 0 aromatic heterocycles. The van der Waals surface area contributed by atoms with Gasteiger partial charge in [-0.2, -0.15) is 0 Å². The van der Waals surface area contributed by atoms with E-state index >= 15 is 0 Å². The van der Waals surface area contributed by atoms with E-state index in [0.29, 0.717) is 12.5 Å². The molecule has 0 radical (unpaired) electrons. The number of carbonyl (C=O) groups is 1. The predicted octanol–water partition coefficient (Wildman–Crippen LogP) is 0.243. The van der Waals surface area contributed by atoms with Crippen LogP contribution in [0.15, 0.2) is 4.99 Å². The molecule has 5 heteroatoms. The molecule has 0 fully saturated rings. The summed E-state index contributed by atoms with van der Waals surface area (Å²) < 4.78 is 0. The third kappa shape index (κ3) is 7.23. The number of carbonyl (C=O) groups excluding carboxylic acids is 1. The molecular formula is C11H24N4O. The molecule has 0 aromatic rings. The summed E-state index contributed by atoms with van der Waals surface area (Å²) >= 11 is 0. The normalized spacial score (nSPS) is 14.1. The summed E-state index contributed by atoms with van der Waals surface area (Å²) in [7, 11) is 0. The van der Waals surface area contributed by atoms with Gasteiger partial charge in [0.05, 0.1) is 6.04 Å². The molecule has 5 nitrogen and oxygen atoms in total. The molecule has 0 aliphatic heterocycles. The quantitative estimate of drug-likeness (QED) is 0.299. The minimum atomic E-state index is -0.0471. The molecule has 0 aliphatic carbocycles. The number of hydrogen-bond donors (Lipinski definition) is 3. The standard InChI is InChI=1S/C11H24N4O/c1-3-9(5-6-15-11(12)13)7-10(8-16)14-4-2/h8-10,14H,3-7H2,1-2H3,(H4,12,13,15)/t9?,10-/m0/s1. The summed E-state index contributed by atoms with van der Waals surface area (Å²) in [5.41, 5.74) is 10.5. The van der Waals surface area contributed by atoms with Gasteiger partial charge >= 0.3 is 0 Å². The van der Waals surface area contributed by atoms with E-state index in [2.05, 4.69) is 17.2 Å². The van der Waals surface area contributed by atoms with E-state index in [9.17, 15) is 4.79 Å². The van der Waals surface area contributed by atoms with E-state index in [4.69, 9.17) is 11.5 Å².